The van der Waals surface area contributed by atoms with Crippen LogP contribution in [-0.4, -0.2) is 24.2 Å². The SMILES string of the molecule is CC1(C(=O)O)CCN(c2c(F)c(F)c(F)c(F)c2F)CC1. The van der Waals surface area contributed by atoms with Gasteiger partial charge in [0.25, 0.3) is 0 Å². The molecule has 1 aliphatic rings. The van der Waals surface area contributed by atoms with Crippen LogP contribution in [0.2, 0.25) is 0 Å². The molecule has 0 amide bonds. The maximum Gasteiger partial charge on any atom is 0.309 e. The quantitative estimate of drug-likeness (QED) is 0.518. The van der Waals surface area contributed by atoms with Crippen molar-refractivity contribution in [2.45, 2.75) is 19.8 Å². The Morgan fingerprint density at radius 3 is 1.71 bits per heavy atom. The average molecular weight is 309 g/mol. The first kappa shape index (κ1) is 15.5. The molecule has 0 atom stereocenters. The zero-order chi connectivity index (χ0) is 15.9. The van der Waals surface area contributed by atoms with E-state index in [4.69, 9.17) is 5.11 Å². The van der Waals surface area contributed by atoms with Crippen LogP contribution in [0.25, 0.3) is 0 Å². The van der Waals surface area contributed by atoms with Crippen molar-refractivity contribution in [3.05, 3.63) is 29.1 Å². The number of benzene rings is 1. The van der Waals surface area contributed by atoms with E-state index in [0.29, 0.717) is 0 Å². The van der Waals surface area contributed by atoms with E-state index < -0.39 is 46.2 Å². The molecule has 8 heteroatoms. The number of carbonyl (C=O) groups is 1. The Morgan fingerprint density at radius 1 is 0.952 bits per heavy atom. The lowest BCUT2D eigenvalue weighted by Crippen LogP contribution is -2.43. The lowest BCUT2D eigenvalue weighted by molar-refractivity contribution is -0.149. The van der Waals surface area contributed by atoms with Crippen LogP contribution in [-0.2, 0) is 4.79 Å². The third-order valence-corrected chi connectivity index (χ3v) is 3.89. The summed E-state index contributed by atoms with van der Waals surface area (Å²) in [5.41, 5.74) is -2.07. The highest BCUT2D eigenvalue weighted by atomic mass is 19.2. The number of hydrogen-bond donors (Lipinski definition) is 1. The van der Waals surface area contributed by atoms with E-state index in [9.17, 15) is 26.7 Å². The molecule has 0 radical (unpaired) electrons. The predicted molar refractivity (Wildman–Crippen MR) is 63.4 cm³/mol. The van der Waals surface area contributed by atoms with Gasteiger partial charge in [0.05, 0.1) is 5.41 Å². The van der Waals surface area contributed by atoms with E-state index in [0.717, 1.165) is 4.90 Å². The van der Waals surface area contributed by atoms with Gasteiger partial charge in [0, 0.05) is 13.1 Å². The largest absolute Gasteiger partial charge is 0.481 e. The molecule has 0 aliphatic carbocycles. The highest BCUT2D eigenvalue weighted by molar-refractivity contribution is 5.74. The molecule has 1 N–H and O–H groups in total. The number of hydrogen-bond acceptors (Lipinski definition) is 2. The van der Waals surface area contributed by atoms with E-state index in [1.165, 1.54) is 6.92 Å². The Balaban J connectivity index is 2.36. The van der Waals surface area contributed by atoms with Crippen LogP contribution in [0.3, 0.4) is 0 Å². The fourth-order valence-electron chi connectivity index (χ4n) is 2.31. The van der Waals surface area contributed by atoms with Crippen LogP contribution in [0.1, 0.15) is 19.8 Å². The number of carboxylic acid groups (broad SMARTS) is 1. The zero-order valence-corrected chi connectivity index (χ0v) is 11.0. The first-order valence-electron chi connectivity index (χ1n) is 6.19. The lowest BCUT2D eigenvalue weighted by atomic mass is 9.80. The van der Waals surface area contributed by atoms with Crippen molar-refractivity contribution in [1.29, 1.82) is 0 Å². The fourth-order valence-corrected chi connectivity index (χ4v) is 2.31. The van der Waals surface area contributed by atoms with Gasteiger partial charge in [-0.25, -0.2) is 22.0 Å². The molecule has 1 aromatic carbocycles. The molecule has 3 nitrogen and oxygen atoms in total. The van der Waals surface area contributed by atoms with E-state index >= 15 is 0 Å². The summed E-state index contributed by atoms with van der Waals surface area (Å²) in [6.07, 6.45) is 0.0870. The summed E-state index contributed by atoms with van der Waals surface area (Å²) in [7, 11) is 0. The summed E-state index contributed by atoms with van der Waals surface area (Å²) >= 11 is 0. The van der Waals surface area contributed by atoms with Crippen LogP contribution >= 0.6 is 0 Å². The average Bonchev–Trinajstić information content (AvgIpc) is 2.45. The molecule has 2 rings (SSSR count). The summed E-state index contributed by atoms with van der Waals surface area (Å²) < 4.78 is 66.6. The highest BCUT2D eigenvalue weighted by Crippen LogP contribution is 2.36. The van der Waals surface area contributed by atoms with Gasteiger partial charge in [-0.05, 0) is 19.8 Å². The summed E-state index contributed by atoms with van der Waals surface area (Å²) in [4.78, 5) is 12.1. The minimum Gasteiger partial charge on any atom is -0.481 e. The minimum absolute atomic E-state index is 0.0435. The Bertz CT molecular complexity index is 568. The summed E-state index contributed by atoms with van der Waals surface area (Å²) in [6.45, 7) is 1.26. The molecule has 1 heterocycles. The van der Waals surface area contributed by atoms with Gasteiger partial charge in [0.2, 0.25) is 5.82 Å². The summed E-state index contributed by atoms with van der Waals surface area (Å²) in [5.74, 6) is -11.1. The lowest BCUT2D eigenvalue weighted by Gasteiger charge is -2.37. The standard InChI is InChI=1S/C13H12F5NO2/c1-13(12(20)21)2-4-19(5-3-13)11-9(17)7(15)6(14)8(16)10(11)18/h2-5H2,1H3,(H,20,21). The number of carboxylic acids is 1. The molecule has 0 saturated carbocycles. The second-order valence-electron chi connectivity index (χ2n) is 5.27. The van der Waals surface area contributed by atoms with Crippen LogP contribution in [0, 0.1) is 34.5 Å². The summed E-state index contributed by atoms with van der Waals surface area (Å²) in [6, 6.07) is 0. The minimum atomic E-state index is -2.21. The summed E-state index contributed by atoms with van der Waals surface area (Å²) in [5, 5.41) is 9.05. The second kappa shape index (κ2) is 5.16. The first-order chi connectivity index (χ1) is 9.69. The predicted octanol–water partition coefficient (Wildman–Crippen LogP) is 3.07. The number of anilines is 1. The third kappa shape index (κ3) is 2.43. The molecule has 1 fully saturated rings. The molecule has 0 unspecified atom stereocenters. The van der Waals surface area contributed by atoms with Crippen molar-refractivity contribution in [2.24, 2.45) is 5.41 Å². The monoisotopic (exact) mass is 309 g/mol. The number of halogens is 5. The van der Waals surface area contributed by atoms with Crippen molar-refractivity contribution < 1.29 is 31.9 Å². The van der Waals surface area contributed by atoms with Crippen LogP contribution in [0.4, 0.5) is 27.6 Å². The van der Waals surface area contributed by atoms with Crippen LogP contribution in [0.15, 0.2) is 0 Å². The van der Waals surface area contributed by atoms with Crippen molar-refractivity contribution in [3.63, 3.8) is 0 Å². The number of nitrogens with zero attached hydrogens (tertiary/aromatic N) is 1. The normalized spacial score (nSPS) is 17.9. The zero-order valence-electron chi connectivity index (χ0n) is 11.0. The Kier molecular flexibility index (Phi) is 3.81. The van der Waals surface area contributed by atoms with Crippen molar-refractivity contribution in [2.75, 3.05) is 18.0 Å². The van der Waals surface area contributed by atoms with Crippen LogP contribution < -0.4 is 4.90 Å². The highest BCUT2D eigenvalue weighted by Gasteiger charge is 2.39. The Labute approximate surface area is 117 Å². The van der Waals surface area contributed by atoms with Crippen LogP contribution in [0.5, 0.6) is 0 Å². The van der Waals surface area contributed by atoms with Gasteiger partial charge < -0.3 is 10.0 Å². The molecular formula is C13H12F5NO2. The molecule has 0 spiro atoms. The number of rotatable bonds is 2. The van der Waals surface area contributed by atoms with Gasteiger partial charge in [-0.15, -0.1) is 0 Å². The Hall–Kier alpha value is -1.86. The smallest absolute Gasteiger partial charge is 0.309 e. The van der Waals surface area contributed by atoms with Gasteiger partial charge in [-0.3, -0.25) is 4.79 Å². The first-order valence-corrected chi connectivity index (χ1v) is 6.19. The molecule has 116 valence electrons. The maximum atomic E-state index is 13.7. The van der Waals surface area contributed by atoms with Crippen molar-refractivity contribution in [3.8, 4) is 0 Å². The van der Waals surface area contributed by atoms with Crippen molar-refractivity contribution in [1.82, 2.24) is 0 Å². The molecule has 0 aromatic heterocycles. The van der Waals surface area contributed by atoms with Crippen molar-refractivity contribution >= 4 is 11.7 Å². The number of aliphatic carboxylic acids is 1. The molecule has 1 saturated heterocycles. The number of piperidine rings is 1. The second-order valence-corrected chi connectivity index (χ2v) is 5.27. The molecule has 0 bridgehead atoms. The van der Waals surface area contributed by atoms with Gasteiger partial charge in [0.1, 0.15) is 5.69 Å². The fraction of sp³-hybridized carbons (Fsp3) is 0.462. The van der Waals surface area contributed by atoms with E-state index in [1.807, 2.05) is 0 Å². The van der Waals surface area contributed by atoms with Gasteiger partial charge in [-0.1, -0.05) is 0 Å². The van der Waals surface area contributed by atoms with Gasteiger partial charge in [0.15, 0.2) is 23.3 Å². The molecule has 21 heavy (non-hydrogen) atoms. The maximum absolute atomic E-state index is 13.7. The Morgan fingerprint density at radius 2 is 1.33 bits per heavy atom. The molecular weight excluding hydrogens is 297 g/mol. The van der Waals surface area contributed by atoms with E-state index in [1.54, 1.807) is 0 Å². The van der Waals surface area contributed by atoms with Gasteiger partial charge in [-0.2, -0.15) is 0 Å². The van der Waals surface area contributed by atoms with Gasteiger partial charge >= 0.3 is 5.97 Å². The topological polar surface area (TPSA) is 40.5 Å². The van der Waals surface area contributed by atoms with E-state index in [-0.39, 0.29) is 25.9 Å². The molecule has 1 aromatic rings. The molecule has 1 aliphatic heterocycles. The third-order valence-electron chi connectivity index (χ3n) is 3.89. The van der Waals surface area contributed by atoms with E-state index in [2.05, 4.69) is 0 Å².